The second-order valence-corrected chi connectivity index (χ2v) is 31.2. The number of pyridine rings is 1. The minimum Gasteiger partial charge on any atom is -0.474 e. The van der Waals surface area contributed by atoms with Gasteiger partial charge in [0, 0.05) is 95.2 Å². The average Bonchev–Trinajstić information content (AvgIpc) is 1.56. The number of Topliss-reactive ketones (excluding diaryl/α,β-unsaturated/α-hetero) is 4. The molecule has 2 aliphatic heterocycles. The predicted molar refractivity (Wildman–Crippen MR) is 437 cm³/mol. The molecule has 2 aliphatic rings. The molecule has 0 amide bonds. The lowest BCUT2D eigenvalue weighted by Crippen LogP contribution is -2.34. The number of nitrogens with zero attached hydrogens (tertiary/aromatic N) is 10. The van der Waals surface area contributed by atoms with E-state index in [4.69, 9.17) is 101 Å². The SMILES string of the molecule is CN(C)CCCOc1ncc(-c2ccc(Cl)c(CC(=O)c3coc(N)n3)c2)s1.CN(C)CCCc1ncc(-c2ccc(Cl)c(CC(=O)c3coc(N)n3)c2)s1.Nc1nc(C(=O)Cc2cc(-c3ccc(OC4CCNCC4)nc3)ccc2Cl)co1.Nc1nc(C(=O)Cc2cc(-c3cnc(OC4CCNCC4)s3)ccc2Cl)co1. The smallest absolute Gasteiger partial charge is 0.292 e. The van der Waals surface area contributed by atoms with E-state index in [1.165, 1.54) is 47.7 Å². The molecule has 586 valence electrons. The number of thiazole rings is 3. The zero-order valence-corrected chi connectivity index (χ0v) is 67.1. The number of aromatic nitrogens is 8. The predicted octanol–water partition coefficient (Wildman–Crippen LogP) is 14.9. The van der Waals surface area contributed by atoms with Crippen LogP contribution in [0, 0.1) is 0 Å². The normalized spacial score (nSPS) is 13.0. The summed E-state index contributed by atoms with van der Waals surface area (Å²) in [7, 11) is 8.19. The molecule has 34 heteroatoms. The van der Waals surface area contributed by atoms with Gasteiger partial charge in [0.15, 0.2) is 23.1 Å². The lowest BCUT2D eigenvalue weighted by Gasteiger charge is -2.23. The number of nitrogens with one attached hydrogen (secondary N) is 2. The number of oxazole rings is 4. The number of benzene rings is 4. The van der Waals surface area contributed by atoms with Crippen molar-refractivity contribution in [3.05, 3.63) is 205 Å². The summed E-state index contributed by atoms with van der Waals surface area (Å²) in [4.78, 5) is 89.8. The summed E-state index contributed by atoms with van der Waals surface area (Å²) in [6.45, 7) is 6.49. The van der Waals surface area contributed by atoms with E-state index in [-0.39, 0.29) is 108 Å². The van der Waals surface area contributed by atoms with E-state index < -0.39 is 0 Å². The highest BCUT2D eigenvalue weighted by atomic mass is 35.5. The van der Waals surface area contributed by atoms with Crippen molar-refractivity contribution in [2.75, 3.05) is 97.0 Å². The van der Waals surface area contributed by atoms with Crippen molar-refractivity contribution in [2.24, 2.45) is 0 Å². The van der Waals surface area contributed by atoms with Gasteiger partial charge in [-0.2, -0.15) is 19.9 Å². The van der Waals surface area contributed by atoms with Crippen LogP contribution in [0.2, 0.25) is 20.1 Å². The van der Waals surface area contributed by atoms with Crippen molar-refractivity contribution >= 4 is 128 Å². The van der Waals surface area contributed by atoms with Crippen molar-refractivity contribution in [3.63, 3.8) is 0 Å². The lowest BCUT2D eigenvalue weighted by molar-refractivity contribution is 0.0980. The Labute approximate surface area is 677 Å². The highest BCUT2D eigenvalue weighted by Crippen LogP contribution is 2.37. The summed E-state index contributed by atoms with van der Waals surface area (Å²) in [6.07, 6.45) is 19.9. The van der Waals surface area contributed by atoms with Gasteiger partial charge in [0.2, 0.25) is 5.88 Å². The van der Waals surface area contributed by atoms with Crippen LogP contribution < -0.4 is 47.8 Å². The summed E-state index contributed by atoms with van der Waals surface area (Å²) in [5.41, 5.74) is 30.0. The van der Waals surface area contributed by atoms with Crippen LogP contribution in [0.1, 0.15) is 108 Å². The Balaban J connectivity index is 0.000000148. The number of ether oxygens (including phenoxy) is 3. The fourth-order valence-electron chi connectivity index (χ4n) is 11.5. The molecule has 0 atom stereocenters. The lowest BCUT2D eigenvalue weighted by atomic mass is 10.0. The van der Waals surface area contributed by atoms with Gasteiger partial charge in [-0.05, 0) is 199 Å². The van der Waals surface area contributed by atoms with Gasteiger partial charge in [-0.25, -0.2) is 19.9 Å². The number of ketones is 4. The summed E-state index contributed by atoms with van der Waals surface area (Å²) in [5, 5.41) is 11.1. The molecule has 0 radical (unpaired) electrons. The van der Waals surface area contributed by atoms with E-state index in [0.29, 0.717) is 59.7 Å². The van der Waals surface area contributed by atoms with Gasteiger partial charge in [0.25, 0.3) is 34.4 Å². The Morgan fingerprint density at radius 2 is 0.812 bits per heavy atom. The zero-order chi connectivity index (χ0) is 79.2. The number of rotatable bonds is 29. The van der Waals surface area contributed by atoms with E-state index in [9.17, 15) is 19.2 Å². The van der Waals surface area contributed by atoms with E-state index in [1.54, 1.807) is 48.1 Å². The van der Waals surface area contributed by atoms with Crippen LogP contribution in [0.5, 0.6) is 16.3 Å². The minimum atomic E-state index is -0.214. The topological polar surface area (TPSA) is 386 Å². The number of anilines is 4. The van der Waals surface area contributed by atoms with Crippen molar-refractivity contribution in [1.82, 2.24) is 60.3 Å². The number of carbonyl (C=O) groups is 4. The van der Waals surface area contributed by atoms with E-state index in [1.807, 2.05) is 87.0 Å². The zero-order valence-electron chi connectivity index (χ0n) is 61.6. The van der Waals surface area contributed by atoms with Gasteiger partial charge in [-0.3, -0.25) is 19.2 Å². The molecular weight excluding hydrogens is 1570 g/mol. The van der Waals surface area contributed by atoms with Gasteiger partial charge in [0.05, 0.1) is 26.2 Å². The van der Waals surface area contributed by atoms with Crippen LogP contribution in [-0.4, -0.2) is 159 Å². The van der Waals surface area contributed by atoms with E-state index in [2.05, 4.69) is 74.4 Å². The molecule has 0 aliphatic carbocycles. The average molecular weight is 1660 g/mol. The monoisotopic (exact) mass is 1650 g/mol. The maximum absolute atomic E-state index is 12.4. The molecule has 0 bridgehead atoms. The quantitative estimate of drug-likeness (QED) is 0.0187. The second kappa shape index (κ2) is 40.5. The van der Waals surface area contributed by atoms with Gasteiger partial charge >= 0.3 is 0 Å². The van der Waals surface area contributed by atoms with E-state index in [0.717, 1.165) is 137 Å². The summed E-state index contributed by atoms with van der Waals surface area (Å²) in [6, 6.07) is 26.1. The molecule has 14 rings (SSSR count). The molecule has 0 unspecified atom stereocenters. The number of hydrogen-bond donors (Lipinski definition) is 6. The fraction of sp³-hybridized carbons (Fsp3) is 0.308. The van der Waals surface area contributed by atoms with Crippen LogP contribution in [0.25, 0.3) is 42.4 Å². The first kappa shape index (κ1) is 83.0. The molecule has 112 heavy (non-hydrogen) atoms. The number of piperidine rings is 2. The standard InChI is InChI=1S/C21H21ClN4O3.C19H19ClN4O3S.C19H21ClN4O3S.C19H21ClN4O2S/c22-17-3-1-13(9-15(17)10-19(27)18-12-28-21(23)26-18)14-2-4-20(25-11-14)29-16-5-7-24-8-6-16;20-14-2-1-11(7-12(14)8-16(25)15-10-26-18(21)24-15)17-9-23-19(28-17)27-13-3-5-22-6-4-13;1-24(2)6-3-7-26-19-22-10-17(28-19)12-4-5-14(20)13(8-12)9-16(25)15-11-27-18(21)23-15;1-24(2)7-3-4-18-22-10-17(27-18)12-5-6-14(20)13(8-12)9-16(25)15-11-26-19(21)23-15/h1-4,9,11-12,16,24H,5-8,10H2,(H2,23,26);1-2,7,9-10,13,22H,3-6,8H2,(H2,21,24);4-5,8,10-11H,3,6-7,9H2,1-2H3,(H2,21,23);5-6,8,10-11H,3-4,7,9H2,1-2H3,(H2,21,23). The molecule has 10 N–H and O–H groups in total. The van der Waals surface area contributed by atoms with Gasteiger partial charge in [-0.15, -0.1) is 11.3 Å². The second-order valence-electron chi connectivity index (χ2n) is 26.4. The molecule has 2 saturated heterocycles. The Hall–Kier alpha value is -9.96. The molecule has 2 fully saturated rings. The number of halogens is 4. The van der Waals surface area contributed by atoms with Crippen LogP contribution in [0.4, 0.5) is 24.1 Å². The van der Waals surface area contributed by atoms with Crippen LogP contribution in [0.3, 0.4) is 0 Å². The Kier molecular flexibility index (Phi) is 30.0. The molecular formula is C78H82Cl4N16O11S3. The Bertz CT molecular complexity index is 5120. The number of carbonyl (C=O) groups excluding carboxylic acids is 4. The van der Waals surface area contributed by atoms with Crippen LogP contribution in [0.15, 0.2) is 152 Å². The number of nitrogen functional groups attached to an aromatic ring is 4. The minimum absolute atomic E-state index is 0.0235. The van der Waals surface area contributed by atoms with Crippen molar-refractivity contribution in [2.45, 2.75) is 82.8 Å². The van der Waals surface area contributed by atoms with Crippen LogP contribution in [-0.2, 0) is 32.1 Å². The first-order chi connectivity index (χ1) is 54.0. The summed E-state index contributed by atoms with van der Waals surface area (Å²) in [5.74, 6) is -0.211. The number of aryl methyl sites for hydroxylation is 1. The molecule has 8 aromatic heterocycles. The van der Waals surface area contributed by atoms with Gasteiger partial charge < -0.3 is 75.2 Å². The molecule has 12 aromatic rings. The molecule has 27 nitrogen and oxygen atoms in total. The maximum Gasteiger partial charge on any atom is 0.292 e. The molecule has 10 heterocycles. The summed E-state index contributed by atoms with van der Waals surface area (Å²) >= 11 is 29.8. The third-order valence-electron chi connectivity index (χ3n) is 17.4. The first-order valence-corrected chi connectivity index (χ1v) is 39.6. The molecule has 0 saturated carbocycles. The third kappa shape index (κ3) is 24.5. The summed E-state index contributed by atoms with van der Waals surface area (Å²) < 4.78 is 37.2. The Morgan fingerprint density at radius 1 is 0.446 bits per heavy atom. The largest absolute Gasteiger partial charge is 0.474 e. The van der Waals surface area contributed by atoms with Crippen molar-refractivity contribution in [1.29, 1.82) is 0 Å². The maximum atomic E-state index is 12.4. The van der Waals surface area contributed by atoms with Crippen molar-refractivity contribution < 1.29 is 51.1 Å². The van der Waals surface area contributed by atoms with Crippen LogP contribution >= 0.6 is 80.4 Å². The van der Waals surface area contributed by atoms with Crippen molar-refractivity contribution in [3.8, 4) is 58.7 Å². The molecule has 0 spiro atoms. The highest BCUT2D eigenvalue weighted by molar-refractivity contribution is 7.17. The fourth-order valence-corrected chi connectivity index (χ4v) is 14.8. The number of nitrogens with two attached hydrogens (primary N) is 4. The number of hydrogen-bond acceptors (Lipinski definition) is 30. The highest BCUT2D eigenvalue weighted by Gasteiger charge is 2.23. The Morgan fingerprint density at radius 3 is 1.21 bits per heavy atom. The van der Waals surface area contributed by atoms with E-state index >= 15 is 0 Å². The molecule has 4 aromatic carbocycles. The first-order valence-electron chi connectivity index (χ1n) is 35.6. The third-order valence-corrected chi connectivity index (χ3v) is 21.8. The van der Waals surface area contributed by atoms with Gasteiger partial charge in [-0.1, -0.05) is 93.3 Å². The van der Waals surface area contributed by atoms with Gasteiger partial charge in [0.1, 0.15) is 60.0 Å².